The van der Waals surface area contributed by atoms with E-state index in [9.17, 15) is 24.6 Å². The molecular weight excluding hydrogens is 500 g/mol. The van der Waals surface area contributed by atoms with Crippen molar-refractivity contribution in [3.8, 4) is 11.5 Å². The maximum absolute atomic E-state index is 12.8. The summed E-state index contributed by atoms with van der Waals surface area (Å²) in [6, 6.07) is 6.49. The van der Waals surface area contributed by atoms with Crippen LogP contribution in [0.3, 0.4) is 0 Å². The normalized spacial score (nSPS) is 14.8. The van der Waals surface area contributed by atoms with Gasteiger partial charge in [0.15, 0.2) is 6.10 Å². The van der Waals surface area contributed by atoms with Gasteiger partial charge in [-0.1, -0.05) is 11.6 Å². The Labute approximate surface area is 216 Å². The van der Waals surface area contributed by atoms with Crippen molar-refractivity contribution in [1.82, 2.24) is 10.3 Å². The van der Waals surface area contributed by atoms with Crippen LogP contribution in [-0.2, 0) is 28.9 Å². The van der Waals surface area contributed by atoms with E-state index in [2.05, 4.69) is 10.3 Å². The molecule has 4 aromatic rings. The largest absolute Gasteiger partial charge is 0.548 e. The number of fused-ring (bicyclic) bond motifs is 4. The highest BCUT2D eigenvalue weighted by atomic mass is 35.5. The van der Waals surface area contributed by atoms with Crippen molar-refractivity contribution in [2.45, 2.75) is 51.2 Å². The molecule has 9 nitrogen and oxygen atoms in total. The minimum absolute atomic E-state index is 0.0352. The number of halogens is 1. The van der Waals surface area contributed by atoms with E-state index < -0.39 is 24.0 Å². The van der Waals surface area contributed by atoms with Gasteiger partial charge in [-0.3, -0.25) is 4.79 Å². The van der Waals surface area contributed by atoms with Gasteiger partial charge in [-0.15, -0.1) is 0 Å². The molecule has 1 aliphatic rings. The minimum Gasteiger partial charge on any atom is -0.548 e. The first-order chi connectivity index (χ1) is 17.7. The lowest BCUT2D eigenvalue weighted by Gasteiger charge is -2.23. The van der Waals surface area contributed by atoms with Crippen LogP contribution in [-0.4, -0.2) is 34.1 Å². The highest BCUT2D eigenvalue weighted by Crippen LogP contribution is 2.34. The first-order valence-electron chi connectivity index (χ1n) is 12.0. The second kappa shape index (κ2) is 9.82. The lowest BCUT2D eigenvalue weighted by atomic mass is 9.90. The maximum Gasteiger partial charge on any atom is 0.339 e. The fourth-order valence-corrected chi connectivity index (χ4v) is 5.02. The number of aryl methyl sites for hydroxylation is 1. The Bertz CT molecular complexity index is 1590. The summed E-state index contributed by atoms with van der Waals surface area (Å²) in [5.41, 5.74) is 2.84. The van der Waals surface area contributed by atoms with Gasteiger partial charge in [-0.2, -0.15) is 0 Å². The Morgan fingerprint density at radius 1 is 1.19 bits per heavy atom. The average molecular weight is 524 g/mol. The molecule has 0 spiro atoms. The molecule has 2 heterocycles. The number of carboxylic acid groups (broad SMARTS) is 1. The zero-order valence-corrected chi connectivity index (χ0v) is 20.7. The number of carbonyl (C=O) groups excluding carboxylic acids is 2. The highest BCUT2D eigenvalue weighted by molar-refractivity contribution is 6.32. The summed E-state index contributed by atoms with van der Waals surface area (Å²) in [7, 11) is 0. The number of aromatic hydroxyl groups is 1. The third-order valence-electron chi connectivity index (χ3n) is 6.73. The summed E-state index contributed by atoms with van der Waals surface area (Å²) in [6.07, 6.45) is 3.75. The number of aromatic amines is 1. The summed E-state index contributed by atoms with van der Waals surface area (Å²) in [4.78, 5) is 40.1. The number of aliphatic carboxylic acids is 1. The number of carbonyl (C=O) groups is 2. The van der Waals surface area contributed by atoms with E-state index in [-0.39, 0.29) is 28.6 Å². The van der Waals surface area contributed by atoms with Gasteiger partial charge in [-0.25, -0.2) is 4.79 Å². The van der Waals surface area contributed by atoms with Crippen molar-refractivity contribution in [1.29, 1.82) is 0 Å². The van der Waals surface area contributed by atoms with Gasteiger partial charge in [-0.05, 0) is 68.0 Å². The Morgan fingerprint density at radius 3 is 2.70 bits per heavy atom. The van der Waals surface area contributed by atoms with Crippen molar-refractivity contribution >= 4 is 45.3 Å². The van der Waals surface area contributed by atoms with E-state index in [0.29, 0.717) is 34.0 Å². The number of hydrogen-bond donors (Lipinski definition) is 3. The average Bonchev–Trinajstić information content (AvgIpc) is 3.26. The van der Waals surface area contributed by atoms with Gasteiger partial charge >= 0.3 is 5.63 Å². The Hall–Kier alpha value is -3.98. The number of aromatic nitrogens is 1. The summed E-state index contributed by atoms with van der Waals surface area (Å²) in [6.45, 7) is 1.45. The molecule has 2 aromatic heterocycles. The van der Waals surface area contributed by atoms with Crippen molar-refractivity contribution in [3.63, 3.8) is 0 Å². The molecule has 1 amide bonds. The molecule has 192 valence electrons. The number of phenolic OH excluding ortho intramolecular Hbond substituents is 1. The number of carboxylic acids is 1. The number of ether oxygens (including phenoxy) is 1. The summed E-state index contributed by atoms with van der Waals surface area (Å²) < 4.78 is 11.2. The molecule has 0 unspecified atom stereocenters. The van der Waals surface area contributed by atoms with Crippen LogP contribution in [0.25, 0.3) is 21.9 Å². The maximum atomic E-state index is 12.8. The van der Waals surface area contributed by atoms with Crippen molar-refractivity contribution in [2.75, 3.05) is 0 Å². The van der Waals surface area contributed by atoms with Gasteiger partial charge in [0.25, 0.3) is 5.91 Å². The zero-order valence-electron chi connectivity index (χ0n) is 19.9. The quantitative estimate of drug-likeness (QED) is 0.316. The first kappa shape index (κ1) is 24.7. The van der Waals surface area contributed by atoms with E-state index >= 15 is 0 Å². The molecule has 2 aromatic carbocycles. The molecule has 37 heavy (non-hydrogen) atoms. The highest BCUT2D eigenvalue weighted by Gasteiger charge is 2.24. The van der Waals surface area contributed by atoms with Crippen molar-refractivity contribution < 1.29 is 29.0 Å². The molecule has 3 N–H and O–H groups in total. The van der Waals surface area contributed by atoms with Crippen LogP contribution >= 0.6 is 11.6 Å². The van der Waals surface area contributed by atoms with Gasteiger partial charge in [0.2, 0.25) is 0 Å². The lowest BCUT2D eigenvalue weighted by molar-refractivity contribution is -0.308. The molecule has 1 aliphatic carbocycles. The second-order valence-electron chi connectivity index (χ2n) is 9.22. The van der Waals surface area contributed by atoms with Gasteiger partial charge < -0.3 is 34.5 Å². The molecule has 2 atom stereocenters. The number of rotatable bonds is 7. The predicted molar refractivity (Wildman–Crippen MR) is 135 cm³/mol. The summed E-state index contributed by atoms with van der Waals surface area (Å²) in [5, 5.41) is 25.6. The molecular formula is C27H24ClN2O7-. The topological polar surface area (TPSA) is 145 Å². The van der Waals surface area contributed by atoms with Crippen LogP contribution in [0.15, 0.2) is 45.7 Å². The molecule has 0 fully saturated rings. The number of amides is 1. The third kappa shape index (κ3) is 4.86. The predicted octanol–water partition coefficient (Wildman–Crippen LogP) is 2.76. The standard InChI is InChI=1S/C27H25ClN2O7/c1-13(25(32)30-22(26(33)34)8-14-12-29-21-7-6-15(31)9-18(14)21)36-24-11-23-19(10-20(24)28)16-4-2-3-5-17(16)27(35)37-23/h6-7,9-13,22,29,31H,2-5,8H2,1H3,(H,30,32)(H,33,34)/p-1/t13-,22-/m0/s1. The molecule has 0 bridgehead atoms. The zero-order chi connectivity index (χ0) is 26.3. The number of hydrogen-bond acceptors (Lipinski definition) is 7. The first-order valence-corrected chi connectivity index (χ1v) is 12.3. The fourth-order valence-electron chi connectivity index (χ4n) is 4.82. The van der Waals surface area contributed by atoms with Crippen LogP contribution in [0.2, 0.25) is 5.02 Å². The van der Waals surface area contributed by atoms with Crippen molar-refractivity contribution in [2.24, 2.45) is 0 Å². The smallest absolute Gasteiger partial charge is 0.339 e. The molecule has 0 saturated heterocycles. The van der Waals surface area contributed by atoms with Crippen LogP contribution < -0.4 is 20.8 Å². The number of nitrogens with one attached hydrogen (secondary N) is 2. The lowest BCUT2D eigenvalue weighted by Crippen LogP contribution is -2.52. The van der Waals surface area contributed by atoms with Crippen molar-refractivity contribution in [3.05, 3.63) is 68.7 Å². The number of H-pyrrole nitrogens is 1. The van der Waals surface area contributed by atoms with E-state index in [0.717, 1.165) is 30.2 Å². The number of benzene rings is 2. The minimum atomic E-state index is -1.47. The monoisotopic (exact) mass is 523 g/mol. The third-order valence-corrected chi connectivity index (χ3v) is 7.02. The Balaban J connectivity index is 1.34. The van der Waals surface area contributed by atoms with E-state index in [1.54, 1.807) is 18.3 Å². The second-order valence-corrected chi connectivity index (χ2v) is 9.63. The van der Waals surface area contributed by atoms with Gasteiger partial charge in [0.05, 0.1) is 17.0 Å². The Morgan fingerprint density at radius 2 is 1.95 bits per heavy atom. The Kier molecular flexibility index (Phi) is 6.55. The van der Waals surface area contributed by atoms with E-state index in [1.165, 1.54) is 25.1 Å². The van der Waals surface area contributed by atoms with E-state index in [1.807, 2.05) is 0 Å². The molecule has 0 radical (unpaired) electrons. The molecule has 10 heteroatoms. The summed E-state index contributed by atoms with van der Waals surface area (Å²) >= 11 is 6.45. The molecule has 0 saturated carbocycles. The molecule has 5 rings (SSSR count). The van der Waals surface area contributed by atoms with Crippen LogP contribution in [0.1, 0.15) is 36.5 Å². The van der Waals surface area contributed by atoms with Gasteiger partial charge in [0, 0.05) is 40.5 Å². The van der Waals surface area contributed by atoms with Crippen LogP contribution in [0, 0.1) is 0 Å². The summed E-state index contributed by atoms with van der Waals surface area (Å²) in [5.74, 6) is -1.99. The SMILES string of the molecule is C[C@H](Oc1cc2oc(=O)c3c(c2cc1Cl)CCCC3)C(=O)N[C@@H](Cc1c[nH]c2ccc(O)cc12)C(=O)[O-]. The van der Waals surface area contributed by atoms with Crippen LogP contribution in [0.4, 0.5) is 0 Å². The fraction of sp³-hybridized carbons (Fsp3) is 0.296. The number of phenols is 1. The van der Waals surface area contributed by atoms with Crippen LogP contribution in [0.5, 0.6) is 11.5 Å². The van der Waals surface area contributed by atoms with E-state index in [4.69, 9.17) is 20.8 Å². The molecule has 0 aliphatic heterocycles. The van der Waals surface area contributed by atoms with Gasteiger partial charge in [0.1, 0.15) is 17.1 Å².